The van der Waals surface area contributed by atoms with Crippen LogP contribution in [0.5, 0.6) is 0 Å². The molecule has 1 aromatic heterocycles. The van der Waals surface area contributed by atoms with Gasteiger partial charge in [-0.1, -0.05) is 18.2 Å². The van der Waals surface area contributed by atoms with E-state index in [1.165, 1.54) is 14.0 Å². The SMILES string of the molecule is COC(=O)N[C@@H](C)C(=O)NCc1nnc(-c2ccccc2)o1. The average molecular weight is 304 g/mol. The highest BCUT2D eigenvalue weighted by Gasteiger charge is 2.16. The molecule has 0 fully saturated rings. The van der Waals surface area contributed by atoms with Crippen molar-refractivity contribution in [3.63, 3.8) is 0 Å². The van der Waals surface area contributed by atoms with Gasteiger partial charge in [-0.2, -0.15) is 0 Å². The van der Waals surface area contributed by atoms with Gasteiger partial charge in [0.05, 0.1) is 13.7 Å². The summed E-state index contributed by atoms with van der Waals surface area (Å²) in [5, 5.41) is 12.7. The normalized spacial score (nSPS) is 11.5. The number of ether oxygens (including phenoxy) is 1. The van der Waals surface area contributed by atoms with Gasteiger partial charge in [-0.05, 0) is 19.1 Å². The molecule has 0 spiro atoms. The number of methoxy groups -OCH3 is 1. The van der Waals surface area contributed by atoms with Crippen molar-refractivity contribution >= 4 is 12.0 Å². The second-order valence-corrected chi connectivity index (χ2v) is 4.44. The highest BCUT2D eigenvalue weighted by Crippen LogP contribution is 2.16. The first-order chi connectivity index (χ1) is 10.6. The highest BCUT2D eigenvalue weighted by molar-refractivity contribution is 5.85. The largest absolute Gasteiger partial charge is 0.453 e. The Morgan fingerprint density at radius 2 is 2.00 bits per heavy atom. The predicted molar refractivity (Wildman–Crippen MR) is 76.6 cm³/mol. The van der Waals surface area contributed by atoms with Gasteiger partial charge < -0.3 is 19.8 Å². The number of alkyl carbamates (subject to hydrolysis) is 1. The summed E-state index contributed by atoms with van der Waals surface area (Å²) in [5.74, 6) is 0.271. The third-order valence-corrected chi connectivity index (χ3v) is 2.81. The van der Waals surface area contributed by atoms with Crippen molar-refractivity contribution in [1.82, 2.24) is 20.8 Å². The summed E-state index contributed by atoms with van der Waals surface area (Å²) in [4.78, 5) is 22.8. The maximum Gasteiger partial charge on any atom is 0.407 e. The van der Waals surface area contributed by atoms with Crippen molar-refractivity contribution < 1.29 is 18.7 Å². The molecule has 1 aromatic carbocycles. The smallest absolute Gasteiger partial charge is 0.407 e. The fourth-order valence-corrected chi connectivity index (χ4v) is 1.64. The fourth-order valence-electron chi connectivity index (χ4n) is 1.64. The van der Waals surface area contributed by atoms with E-state index in [4.69, 9.17) is 4.42 Å². The van der Waals surface area contributed by atoms with E-state index in [0.29, 0.717) is 5.89 Å². The Morgan fingerprint density at radius 1 is 1.27 bits per heavy atom. The molecule has 8 nitrogen and oxygen atoms in total. The Balaban J connectivity index is 1.88. The number of carbonyl (C=O) groups is 2. The standard InChI is InChI=1S/C14H16N4O4/c1-9(16-14(20)21-2)12(19)15-8-11-17-18-13(22-11)10-6-4-3-5-7-10/h3-7,9H,8H2,1-2H3,(H,15,19)(H,16,20)/t9-/m0/s1. The zero-order valence-electron chi connectivity index (χ0n) is 12.2. The quantitative estimate of drug-likeness (QED) is 0.856. The minimum absolute atomic E-state index is 0.0753. The molecule has 0 unspecified atom stereocenters. The van der Waals surface area contributed by atoms with E-state index < -0.39 is 12.1 Å². The number of hydrogen-bond acceptors (Lipinski definition) is 6. The maximum atomic E-state index is 11.8. The molecule has 1 heterocycles. The molecule has 2 amide bonds. The van der Waals surface area contributed by atoms with Crippen LogP contribution in [-0.4, -0.2) is 35.3 Å². The molecule has 2 N–H and O–H groups in total. The van der Waals surface area contributed by atoms with E-state index in [2.05, 4.69) is 25.6 Å². The van der Waals surface area contributed by atoms with Gasteiger partial charge in [0.15, 0.2) is 0 Å². The lowest BCUT2D eigenvalue weighted by molar-refractivity contribution is -0.122. The van der Waals surface area contributed by atoms with Gasteiger partial charge in [-0.25, -0.2) is 4.79 Å². The van der Waals surface area contributed by atoms with Crippen LogP contribution in [0.1, 0.15) is 12.8 Å². The second-order valence-electron chi connectivity index (χ2n) is 4.44. The van der Waals surface area contributed by atoms with Crippen LogP contribution in [0.25, 0.3) is 11.5 Å². The molecule has 116 valence electrons. The third-order valence-electron chi connectivity index (χ3n) is 2.81. The summed E-state index contributed by atoms with van der Waals surface area (Å²) in [6.07, 6.45) is -0.674. The zero-order chi connectivity index (χ0) is 15.9. The molecule has 0 aliphatic heterocycles. The summed E-state index contributed by atoms with van der Waals surface area (Å²) in [6.45, 7) is 1.61. The molecule has 0 saturated heterocycles. The van der Waals surface area contributed by atoms with Gasteiger partial charge in [0.1, 0.15) is 6.04 Å². The number of nitrogens with one attached hydrogen (secondary N) is 2. The van der Waals surface area contributed by atoms with Crippen molar-refractivity contribution in [2.75, 3.05) is 7.11 Å². The first kappa shape index (κ1) is 15.5. The second kappa shape index (κ2) is 7.21. The van der Waals surface area contributed by atoms with Crippen molar-refractivity contribution in [3.05, 3.63) is 36.2 Å². The van der Waals surface area contributed by atoms with Gasteiger partial charge in [0, 0.05) is 5.56 Å². The Hall–Kier alpha value is -2.90. The lowest BCUT2D eigenvalue weighted by Gasteiger charge is -2.11. The van der Waals surface area contributed by atoms with Crippen LogP contribution in [0, 0.1) is 0 Å². The van der Waals surface area contributed by atoms with E-state index >= 15 is 0 Å². The monoisotopic (exact) mass is 304 g/mol. The fraction of sp³-hybridized carbons (Fsp3) is 0.286. The van der Waals surface area contributed by atoms with Crippen LogP contribution >= 0.6 is 0 Å². The number of amides is 2. The van der Waals surface area contributed by atoms with E-state index in [9.17, 15) is 9.59 Å². The summed E-state index contributed by atoms with van der Waals surface area (Å²) in [7, 11) is 1.23. The van der Waals surface area contributed by atoms with E-state index in [-0.39, 0.29) is 18.3 Å². The predicted octanol–water partition coefficient (Wildman–Crippen LogP) is 1.10. The molecule has 1 atom stereocenters. The Morgan fingerprint density at radius 3 is 2.68 bits per heavy atom. The molecule has 22 heavy (non-hydrogen) atoms. The zero-order valence-corrected chi connectivity index (χ0v) is 12.2. The van der Waals surface area contributed by atoms with Crippen LogP contribution in [-0.2, 0) is 16.1 Å². The van der Waals surface area contributed by atoms with Crippen molar-refractivity contribution in [3.8, 4) is 11.5 Å². The molecular weight excluding hydrogens is 288 g/mol. The van der Waals surface area contributed by atoms with Crippen LogP contribution in [0.15, 0.2) is 34.7 Å². The molecule has 2 rings (SSSR count). The van der Waals surface area contributed by atoms with Gasteiger partial charge in [0.2, 0.25) is 17.7 Å². The number of nitrogens with zero attached hydrogens (tertiary/aromatic N) is 2. The number of carbonyl (C=O) groups excluding carboxylic acids is 2. The first-order valence-electron chi connectivity index (χ1n) is 6.60. The Bertz CT molecular complexity index is 641. The Labute approximate surface area is 126 Å². The van der Waals surface area contributed by atoms with Crippen molar-refractivity contribution in [2.45, 2.75) is 19.5 Å². The lowest BCUT2D eigenvalue weighted by atomic mass is 10.2. The van der Waals surface area contributed by atoms with E-state index in [1.54, 1.807) is 0 Å². The van der Waals surface area contributed by atoms with Crippen LogP contribution in [0.3, 0.4) is 0 Å². The molecule has 0 aliphatic rings. The first-order valence-corrected chi connectivity index (χ1v) is 6.60. The average Bonchev–Trinajstić information content (AvgIpc) is 3.02. The number of aromatic nitrogens is 2. The van der Waals surface area contributed by atoms with Crippen LogP contribution < -0.4 is 10.6 Å². The molecule has 8 heteroatoms. The van der Waals surface area contributed by atoms with Gasteiger partial charge >= 0.3 is 6.09 Å². The van der Waals surface area contributed by atoms with Gasteiger partial charge in [0.25, 0.3) is 0 Å². The van der Waals surface area contributed by atoms with Gasteiger partial charge in [-0.15, -0.1) is 10.2 Å². The summed E-state index contributed by atoms with van der Waals surface area (Å²) in [6, 6.07) is 8.57. The van der Waals surface area contributed by atoms with E-state index in [0.717, 1.165) is 5.56 Å². The molecule has 0 radical (unpaired) electrons. The van der Waals surface area contributed by atoms with Crippen molar-refractivity contribution in [2.24, 2.45) is 0 Å². The summed E-state index contributed by atoms with van der Waals surface area (Å²) in [5.41, 5.74) is 0.799. The number of benzene rings is 1. The highest BCUT2D eigenvalue weighted by atomic mass is 16.5. The van der Waals surface area contributed by atoms with E-state index in [1.807, 2.05) is 30.3 Å². The topological polar surface area (TPSA) is 106 Å². The minimum Gasteiger partial charge on any atom is -0.453 e. The van der Waals surface area contributed by atoms with Crippen LogP contribution in [0.4, 0.5) is 4.79 Å². The summed E-state index contributed by atoms with van der Waals surface area (Å²) < 4.78 is 9.87. The molecule has 0 saturated carbocycles. The van der Waals surface area contributed by atoms with Crippen molar-refractivity contribution in [1.29, 1.82) is 0 Å². The lowest BCUT2D eigenvalue weighted by Crippen LogP contribution is -2.44. The summed E-state index contributed by atoms with van der Waals surface area (Å²) >= 11 is 0. The minimum atomic E-state index is -0.732. The maximum absolute atomic E-state index is 11.8. The van der Waals surface area contributed by atoms with Crippen LogP contribution in [0.2, 0.25) is 0 Å². The number of hydrogen-bond donors (Lipinski definition) is 2. The third kappa shape index (κ3) is 4.05. The molecular formula is C14H16N4O4. The molecule has 0 bridgehead atoms. The number of rotatable bonds is 5. The van der Waals surface area contributed by atoms with Gasteiger partial charge in [-0.3, -0.25) is 4.79 Å². The molecule has 0 aliphatic carbocycles. The molecule has 2 aromatic rings. The Kier molecular flexibility index (Phi) is 5.07.